The van der Waals surface area contributed by atoms with Crippen molar-refractivity contribution in [3.8, 4) is 102 Å². The van der Waals surface area contributed by atoms with Crippen LogP contribution in [0.5, 0.6) is 11.5 Å². The number of likely N-dealkylation sites (N-methyl/N-ethyl adjacent to an activating group) is 1. The minimum Gasteiger partial charge on any atom is -0.496 e. The summed E-state index contributed by atoms with van der Waals surface area (Å²) >= 11 is 6.19. The molecular formula is C105H102ClF2N25O6. The number of benzene rings is 8. The Kier molecular flexibility index (Phi) is 29.4. The lowest BCUT2D eigenvalue weighted by Crippen LogP contribution is -2.50. The predicted molar refractivity (Wildman–Crippen MR) is 531 cm³/mol. The first-order valence-corrected chi connectivity index (χ1v) is 46.5. The highest BCUT2D eigenvalue weighted by Crippen LogP contribution is 2.38. The average Bonchev–Trinajstić information content (AvgIpc) is 1.71. The molecule has 4 amide bonds. The maximum atomic E-state index is 13.8. The number of piperazine rings is 4. The number of carbonyl (C=O) groups is 4. The largest absolute Gasteiger partial charge is 0.496 e. The Hall–Kier alpha value is -16.5. The summed E-state index contributed by atoms with van der Waals surface area (Å²) in [5, 5.41) is 0.652. The highest BCUT2D eigenvalue weighted by Gasteiger charge is 2.31. The number of ether oxygens (including phenoxy) is 2. The van der Waals surface area contributed by atoms with Gasteiger partial charge in [0, 0.05) is 236 Å². The van der Waals surface area contributed by atoms with Gasteiger partial charge < -0.3 is 71.8 Å². The zero-order valence-electron chi connectivity index (χ0n) is 77.1. The lowest BCUT2D eigenvalue weighted by Gasteiger charge is -2.34. The Labute approximate surface area is 808 Å². The van der Waals surface area contributed by atoms with Gasteiger partial charge in [-0.1, -0.05) is 163 Å². The number of rotatable bonds is 21. The van der Waals surface area contributed by atoms with E-state index in [1.54, 1.807) is 85.6 Å². The topological polar surface area (TPSA) is 290 Å². The highest BCUT2D eigenvalue weighted by molar-refractivity contribution is 6.30. The van der Waals surface area contributed by atoms with Gasteiger partial charge in [-0.05, 0) is 85.3 Å². The van der Waals surface area contributed by atoms with Gasteiger partial charge in [0.15, 0.2) is 11.6 Å². The number of aryl methyl sites for hydroxylation is 1. The number of hydrogen-bond acceptors (Lipinski definition) is 23. The number of fused-ring (bicyclic) bond motifs is 1. The van der Waals surface area contributed by atoms with Crippen LogP contribution in [0, 0.1) is 18.6 Å². The summed E-state index contributed by atoms with van der Waals surface area (Å²) < 4.78 is 46.3. The number of methoxy groups -OCH3 is 1. The third kappa shape index (κ3) is 22.7. The van der Waals surface area contributed by atoms with Gasteiger partial charge in [0.25, 0.3) is 0 Å². The molecule has 0 spiro atoms. The second-order valence-electron chi connectivity index (χ2n) is 33.7. The van der Waals surface area contributed by atoms with Gasteiger partial charge >= 0.3 is 0 Å². The molecule has 13 heterocycles. The van der Waals surface area contributed by atoms with Gasteiger partial charge in [-0.15, -0.1) is 0 Å². The van der Waals surface area contributed by atoms with Crippen LogP contribution in [-0.2, 0) is 45.4 Å². The molecule has 0 aliphatic carbocycles. The third-order valence-corrected chi connectivity index (χ3v) is 25.0. The summed E-state index contributed by atoms with van der Waals surface area (Å²) in [6, 6.07) is 70.1. The molecule has 21 rings (SSSR count). The molecule has 0 bridgehead atoms. The van der Waals surface area contributed by atoms with Crippen molar-refractivity contribution in [3.63, 3.8) is 0 Å². The SMILES string of the molecule is CN1CCOc2cc(-c3cn(CC(=O)N4CCN(c5ncccn5)CC4)c(-c4ccccc4)n3)ccc21.COc1cc(-c2cn(CC(=O)N3CCN(c4ncccn4)CC3)c(-c3ccccc3)n2)ccc1C.O=C(Cn1cc(-c2ccc(F)c(F)c2)nc1-c1ccccc1)N1CCN(c2ncccn2)CC1.O=C(Cn1cc(-c2cccc(Cl)c2)nc1-c1ccccc1)N1CCN(c2ncccn2)CC1. The lowest BCUT2D eigenvalue weighted by atomic mass is 10.1. The molecular weight excluding hydrogens is 1780 g/mol. The van der Waals surface area contributed by atoms with Crippen LogP contribution in [-0.4, -0.2) is 253 Å². The van der Waals surface area contributed by atoms with E-state index in [1.807, 2.05) is 235 Å². The molecule has 0 N–H and O–H groups in total. The lowest BCUT2D eigenvalue weighted by molar-refractivity contribution is -0.132. The first-order chi connectivity index (χ1) is 68.0. The fourth-order valence-electron chi connectivity index (χ4n) is 17.2. The van der Waals surface area contributed by atoms with E-state index in [0.717, 1.165) is 115 Å². The Bertz CT molecular complexity index is 6850. The average molecular weight is 1880 g/mol. The normalized spacial score (nSPS) is 14.2. The van der Waals surface area contributed by atoms with Crippen LogP contribution in [0.1, 0.15) is 5.56 Å². The number of carbonyl (C=O) groups excluding carboxylic acids is 4. The molecule has 0 atom stereocenters. The summed E-state index contributed by atoms with van der Waals surface area (Å²) in [5.41, 5.74) is 12.0. The first-order valence-electron chi connectivity index (χ1n) is 46.1. The number of nitrogens with zero attached hydrogens (tertiary/aromatic N) is 25. The second-order valence-corrected chi connectivity index (χ2v) is 34.2. The Morgan fingerprint density at radius 3 is 0.957 bits per heavy atom. The van der Waals surface area contributed by atoms with Crippen molar-refractivity contribution >= 4 is 64.7 Å². The molecule has 5 aliphatic heterocycles. The molecule has 34 heteroatoms. The molecule has 8 aromatic heterocycles. The molecule has 704 valence electrons. The Morgan fingerprint density at radius 2 is 0.633 bits per heavy atom. The van der Waals surface area contributed by atoms with Crippen LogP contribution >= 0.6 is 11.6 Å². The maximum absolute atomic E-state index is 13.8. The van der Waals surface area contributed by atoms with Crippen molar-refractivity contribution in [3.05, 3.63) is 321 Å². The van der Waals surface area contributed by atoms with E-state index in [2.05, 4.69) is 88.5 Å². The van der Waals surface area contributed by atoms with Gasteiger partial charge in [0.05, 0.1) is 42.1 Å². The number of amides is 4. The third-order valence-electron chi connectivity index (χ3n) is 24.7. The van der Waals surface area contributed by atoms with Crippen LogP contribution in [0.2, 0.25) is 5.02 Å². The maximum Gasteiger partial charge on any atom is 0.242 e. The smallest absolute Gasteiger partial charge is 0.242 e. The molecule has 0 radical (unpaired) electrons. The van der Waals surface area contributed by atoms with Gasteiger partial charge in [0.1, 0.15) is 67.6 Å². The predicted octanol–water partition coefficient (Wildman–Crippen LogP) is 14.5. The summed E-state index contributed by atoms with van der Waals surface area (Å²) in [7, 11) is 3.74. The fraction of sp³-hybridized carbons (Fsp3) is 0.238. The van der Waals surface area contributed by atoms with Gasteiger partial charge in [-0.3, -0.25) is 19.2 Å². The van der Waals surface area contributed by atoms with Crippen LogP contribution < -0.4 is 34.0 Å². The first kappa shape index (κ1) is 93.0. The minimum absolute atomic E-state index is 0.0416. The summed E-state index contributed by atoms with van der Waals surface area (Å²) in [6.45, 7) is 14.8. The van der Waals surface area contributed by atoms with E-state index in [4.69, 9.17) is 36.0 Å². The van der Waals surface area contributed by atoms with Crippen LogP contribution in [0.15, 0.2) is 299 Å². The van der Waals surface area contributed by atoms with Crippen LogP contribution in [0.4, 0.5) is 38.3 Å². The monoisotopic (exact) mass is 1880 g/mol. The number of imidazole rings is 4. The van der Waals surface area contributed by atoms with E-state index in [-0.39, 0.29) is 49.8 Å². The quantitative estimate of drug-likeness (QED) is 0.0645. The summed E-state index contributed by atoms with van der Waals surface area (Å²) in [5.74, 6) is 5.66. The van der Waals surface area contributed by atoms with Crippen molar-refractivity contribution in [2.75, 3.05) is 157 Å². The fourth-order valence-corrected chi connectivity index (χ4v) is 17.4. The molecule has 139 heavy (non-hydrogen) atoms. The number of aromatic nitrogens is 16. The van der Waals surface area contributed by atoms with Crippen molar-refractivity contribution in [1.29, 1.82) is 0 Å². The summed E-state index contributed by atoms with van der Waals surface area (Å²) in [6.07, 6.45) is 21.4. The van der Waals surface area contributed by atoms with Crippen molar-refractivity contribution in [2.24, 2.45) is 0 Å². The molecule has 31 nitrogen and oxygen atoms in total. The molecule has 16 aromatic rings. The number of halogens is 3. The zero-order valence-corrected chi connectivity index (χ0v) is 77.9. The van der Waals surface area contributed by atoms with Crippen molar-refractivity contribution in [2.45, 2.75) is 33.1 Å². The van der Waals surface area contributed by atoms with Gasteiger partial charge in [-0.25, -0.2) is 68.6 Å². The van der Waals surface area contributed by atoms with Crippen LogP contribution in [0.25, 0.3) is 90.6 Å². The van der Waals surface area contributed by atoms with E-state index < -0.39 is 11.6 Å². The molecule has 0 saturated carbocycles. The molecule has 4 saturated heterocycles. The summed E-state index contributed by atoms with van der Waals surface area (Å²) in [4.78, 5) is 125. The number of anilines is 5. The molecule has 5 aliphatic rings. The van der Waals surface area contributed by atoms with E-state index >= 15 is 0 Å². The molecule has 8 aromatic carbocycles. The number of hydrogen-bond donors (Lipinski definition) is 0. The van der Waals surface area contributed by atoms with Crippen molar-refractivity contribution in [1.82, 2.24) is 97.7 Å². The van der Waals surface area contributed by atoms with Gasteiger partial charge in [0.2, 0.25) is 47.4 Å². The minimum atomic E-state index is -0.940. The molecule has 4 fully saturated rings. The van der Waals surface area contributed by atoms with E-state index in [9.17, 15) is 28.0 Å². The Balaban J connectivity index is 0.000000123. The van der Waals surface area contributed by atoms with Crippen LogP contribution in [0.3, 0.4) is 0 Å². The van der Waals surface area contributed by atoms with Crippen molar-refractivity contribution < 1.29 is 37.4 Å². The standard InChI is InChI=1S/C28H29N7O2.C27H28N6O2.C25H23ClN6O.C25H22F2N6O/c1-32-16-17-37-25-18-22(8-9-24(25)32)23-19-35(27(31-23)21-6-3-2-4-7-21)20-26(36)33-12-14-34(15-13-33)28-29-10-5-11-30-28;1-20-9-10-22(17-24(20)35-2)23-18-33(26(30-23)21-7-4-3-5-8-21)19-25(34)31-13-15-32(16-14-31)27-28-11-6-12-29-27;26-21-9-4-8-20(16-21)22-17-32(24(29-22)19-6-2-1-3-7-19)18-23(33)30-12-14-31(15-13-30)25-27-10-5-11-28-25;26-20-8-7-19(15-21(20)27)22-16-33(24(30-22)18-5-2-1-3-6-18)17-23(34)31-11-13-32(14-12-31)25-28-9-4-10-29-25/h2-11,18-19H,12-17,20H2,1H3;3-12,17-18H,13-16,19H2,1-2H3;1-11,16-17H,12-15,18H2;1-10,15-16H,11-14,17H2. The second kappa shape index (κ2) is 43.9. The van der Waals surface area contributed by atoms with Gasteiger partial charge in [-0.2, -0.15) is 0 Å². The Morgan fingerprint density at radius 1 is 0.331 bits per heavy atom. The highest BCUT2D eigenvalue weighted by atomic mass is 35.5. The van der Waals surface area contributed by atoms with E-state index in [1.165, 1.54) is 6.07 Å². The molecule has 0 unspecified atom stereocenters. The van der Waals surface area contributed by atoms with E-state index in [0.29, 0.717) is 157 Å². The zero-order chi connectivity index (χ0) is 95.5.